The van der Waals surface area contributed by atoms with Gasteiger partial charge in [-0.15, -0.1) is 0 Å². The normalized spacial score (nSPS) is 20.1. The number of ketones is 2. The quantitative estimate of drug-likeness (QED) is 0.177. The van der Waals surface area contributed by atoms with Crippen LogP contribution < -0.4 is 4.90 Å². The largest absolute Gasteiger partial charge is 0.371 e. The number of allylic oxidation sites excluding steroid dienone is 1. The van der Waals surface area contributed by atoms with Gasteiger partial charge in [0.15, 0.2) is 23.3 Å². The lowest BCUT2D eigenvalue weighted by Gasteiger charge is -2.48. The highest BCUT2D eigenvalue weighted by Crippen LogP contribution is 2.49. The average molecular weight is 457 g/mol. The van der Waals surface area contributed by atoms with Crippen molar-refractivity contribution in [1.29, 1.82) is 0 Å². The van der Waals surface area contributed by atoms with Crippen molar-refractivity contribution in [3.8, 4) is 0 Å². The van der Waals surface area contributed by atoms with E-state index in [1.807, 2.05) is 12.1 Å². The van der Waals surface area contributed by atoms with Crippen molar-refractivity contribution in [3.05, 3.63) is 68.8 Å². The number of carbonyl (C=O) groups is 2. The van der Waals surface area contributed by atoms with Crippen molar-refractivity contribution >= 4 is 23.3 Å². The summed E-state index contributed by atoms with van der Waals surface area (Å²) in [6.45, 7) is 10.4. The fourth-order valence-corrected chi connectivity index (χ4v) is 5.27. The number of rotatable bonds is 1. The molecule has 2 aliphatic heterocycles. The first kappa shape index (κ1) is 21.9. The van der Waals surface area contributed by atoms with Gasteiger partial charge in [0.05, 0.1) is 16.7 Å². The highest BCUT2D eigenvalue weighted by atomic mass is 19.2. The topological polar surface area (TPSA) is 37.4 Å². The second-order valence-corrected chi connectivity index (χ2v) is 10.4. The third-order valence-electron chi connectivity index (χ3n) is 7.44. The van der Waals surface area contributed by atoms with E-state index in [2.05, 4.69) is 32.6 Å². The van der Waals surface area contributed by atoms with Crippen LogP contribution in [0.25, 0.3) is 6.08 Å². The molecule has 0 aromatic heterocycles. The number of hydrogen-bond donors (Lipinski definition) is 0. The molecular weight excluding hydrogens is 434 g/mol. The molecule has 0 amide bonds. The summed E-state index contributed by atoms with van der Waals surface area (Å²) in [6, 6.07) is 3.80. The van der Waals surface area contributed by atoms with Crippen molar-refractivity contribution in [2.45, 2.75) is 51.4 Å². The minimum absolute atomic E-state index is 0.153. The summed E-state index contributed by atoms with van der Waals surface area (Å²) >= 11 is 0. The number of anilines is 1. The van der Waals surface area contributed by atoms with Gasteiger partial charge < -0.3 is 4.90 Å². The summed E-state index contributed by atoms with van der Waals surface area (Å²) in [7, 11) is 0. The smallest absolute Gasteiger partial charge is 0.200 e. The summed E-state index contributed by atoms with van der Waals surface area (Å²) in [5.41, 5.74) is 0.963. The number of fused-ring (bicyclic) bond motifs is 1. The Morgan fingerprint density at radius 3 is 1.61 bits per heavy atom. The Balaban J connectivity index is 1.72. The van der Waals surface area contributed by atoms with Gasteiger partial charge in [0.1, 0.15) is 0 Å². The van der Waals surface area contributed by atoms with Gasteiger partial charge in [-0.3, -0.25) is 9.59 Å². The zero-order valence-electron chi connectivity index (χ0n) is 18.8. The lowest BCUT2D eigenvalue weighted by Crippen LogP contribution is -2.44. The lowest BCUT2D eigenvalue weighted by molar-refractivity contribution is 0.0988. The van der Waals surface area contributed by atoms with Gasteiger partial charge in [-0.25, -0.2) is 17.6 Å². The van der Waals surface area contributed by atoms with Gasteiger partial charge >= 0.3 is 0 Å². The van der Waals surface area contributed by atoms with E-state index in [-0.39, 0.29) is 10.8 Å². The molecule has 0 N–H and O–H groups in total. The minimum Gasteiger partial charge on any atom is -0.371 e. The molecule has 5 rings (SSSR count). The van der Waals surface area contributed by atoms with Crippen LogP contribution in [0.2, 0.25) is 0 Å². The standard InChI is InChI=1S/C26H23F4NO2/c1-25(2)5-7-31-8-6-26(3,4)15-11-12(10-14(25)22(15)31)9-13-23(32)16-17(24(13)33)19(28)21(30)20(29)18(16)27/h9-11H,5-8H2,1-4H3. The molecule has 0 radical (unpaired) electrons. The predicted octanol–water partition coefficient (Wildman–Crippen LogP) is 5.87. The van der Waals surface area contributed by atoms with E-state index in [9.17, 15) is 27.2 Å². The summed E-state index contributed by atoms with van der Waals surface area (Å²) < 4.78 is 56.0. The Hall–Kier alpha value is -2.96. The van der Waals surface area contributed by atoms with Crippen LogP contribution in [0.1, 0.15) is 77.9 Å². The maximum atomic E-state index is 14.3. The molecule has 172 valence electrons. The molecule has 3 nitrogen and oxygen atoms in total. The van der Waals surface area contributed by atoms with E-state index in [0.29, 0.717) is 5.56 Å². The van der Waals surface area contributed by atoms with Crippen LogP contribution >= 0.6 is 0 Å². The summed E-state index contributed by atoms with van der Waals surface area (Å²) in [5.74, 6) is -10.2. The second kappa shape index (κ2) is 6.78. The fraction of sp³-hybridized carbons (Fsp3) is 0.385. The lowest BCUT2D eigenvalue weighted by atomic mass is 9.69. The first-order chi connectivity index (χ1) is 15.3. The molecule has 0 saturated carbocycles. The number of nitrogens with zero attached hydrogens (tertiary/aromatic N) is 1. The van der Waals surface area contributed by atoms with Crippen molar-refractivity contribution in [2.75, 3.05) is 18.0 Å². The predicted molar refractivity (Wildman–Crippen MR) is 117 cm³/mol. The molecule has 2 aromatic rings. The second-order valence-electron chi connectivity index (χ2n) is 10.4. The molecule has 1 aliphatic carbocycles. The number of halogens is 4. The van der Waals surface area contributed by atoms with E-state index in [0.717, 1.165) is 37.1 Å². The molecule has 3 aliphatic rings. The van der Waals surface area contributed by atoms with E-state index in [1.54, 1.807) is 0 Å². The molecular formula is C26H23F4NO2. The Bertz CT molecular complexity index is 1220. The van der Waals surface area contributed by atoms with E-state index in [4.69, 9.17) is 0 Å². The summed E-state index contributed by atoms with van der Waals surface area (Å²) in [4.78, 5) is 28.0. The van der Waals surface area contributed by atoms with Crippen LogP contribution in [0, 0.1) is 23.3 Å². The zero-order chi connectivity index (χ0) is 24.0. The van der Waals surface area contributed by atoms with Crippen LogP contribution in [0.5, 0.6) is 0 Å². The zero-order valence-corrected chi connectivity index (χ0v) is 18.8. The van der Waals surface area contributed by atoms with Gasteiger partial charge in [-0.1, -0.05) is 27.7 Å². The van der Waals surface area contributed by atoms with E-state index in [1.165, 1.54) is 11.8 Å². The third-order valence-corrected chi connectivity index (χ3v) is 7.44. The monoisotopic (exact) mass is 457 g/mol. The van der Waals surface area contributed by atoms with E-state index >= 15 is 0 Å². The number of hydrogen-bond acceptors (Lipinski definition) is 3. The maximum absolute atomic E-state index is 14.3. The molecule has 0 bridgehead atoms. The van der Waals surface area contributed by atoms with Gasteiger partial charge in [-0.05, 0) is 58.6 Å². The average Bonchev–Trinajstić information content (AvgIpc) is 3.00. The molecule has 7 heteroatoms. The molecule has 0 atom stereocenters. The first-order valence-electron chi connectivity index (χ1n) is 11.0. The first-order valence-corrected chi connectivity index (χ1v) is 11.0. The van der Waals surface area contributed by atoms with E-state index < -0.39 is 51.5 Å². The number of Topliss-reactive ketones (excluding diaryl/α,β-unsaturated/α-hetero) is 2. The van der Waals surface area contributed by atoms with Crippen LogP contribution in [-0.2, 0) is 10.8 Å². The highest BCUT2D eigenvalue weighted by Gasteiger charge is 2.43. The highest BCUT2D eigenvalue weighted by molar-refractivity contribution is 6.41. The Morgan fingerprint density at radius 1 is 0.758 bits per heavy atom. The van der Waals surface area contributed by atoms with Gasteiger partial charge in [0.25, 0.3) is 0 Å². The molecule has 2 aromatic carbocycles. The molecule has 0 saturated heterocycles. The fourth-order valence-electron chi connectivity index (χ4n) is 5.27. The van der Waals surface area contributed by atoms with Crippen LogP contribution in [0.3, 0.4) is 0 Å². The minimum atomic E-state index is -2.10. The molecule has 0 unspecified atom stereocenters. The van der Waals surface area contributed by atoms with Crippen molar-refractivity contribution < 1.29 is 27.2 Å². The Morgan fingerprint density at radius 2 is 1.18 bits per heavy atom. The number of benzene rings is 2. The van der Waals surface area contributed by atoms with Crippen LogP contribution in [-0.4, -0.2) is 24.7 Å². The third kappa shape index (κ3) is 2.94. The Kier molecular flexibility index (Phi) is 4.49. The molecule has 0 fully saturated rings. The van der Waals surface area contributed by atoms with Crippen molar-refractivity contribution in [3.63, 3.8) is 0 Å². The molecule has 2 heterocycles. The summed E-state index contributed by atoms with van der Waals surface area (Å²) in [5, 5.41) is 0. The Labute approximate surface area is 189 Å². The maximum Gasteiger partial charge on any atom is 0.200 e. The SMILES string of the molecule is CC1(C)CCN2CCC(C)(C)c3cc(C=C4C(=O)c5c(F)c(F)c(F)c(F)c5C4=O)cc1c32. The van der Waals surface area contributed by atoms with Gasteiger partial charge in [0, 0.05) is 18.8 Å². The molecule has 0 spiro atoms. The van der Waals surface area contributed by atoms with Gasteiger partial charge in [0.2, 0.25) is 11.6 Å². The van der Waals surface area contributed by atoms with Crippen LogP contribution in [0.4, 0.5) is 23.2 Å². The molecule has 33 heavy (non-hydrogen) atoms. The van der Waals surface area contributed by atoms with Crippen molar-refractivity contribution in [1.82, 2.24) is 0 Å². The summed E-state index contributed by atoms with van der Waals surface area (Å²) in [6.07, 6.45) is 3.15. The van der Waals surface area contributed by atoms with Gasteiger partial charge in [-0.2, -0.15) is 0 Å². The van der Waals surface area contributed by atoms with Crippen LogP contribution in [0.15, 0.2) is 17.7 Å². The number of carbonyl (C=O) groups excluding carboxylic acids is 2. The van der Waals surface area contributed by atoms with Crippen molar-refractivity contribution in [2.24, 2.45) is 0 Å².